The van der Waals surface area contributed by atoms with Gasteiger partial charge >= 0.3 is 13.5 Å². The third kappa shape index (κ3) is 4.33. The number of phosphoric ester groups is 1. The van der Waals surface area contributed by atoms with Crippen LogP contribution in [0.4, 0.5) is 0 Å². The fourth-order valence-corrected chi connectivity index (χ4v) is 4.61. The van der Waals surface area contributed by atoms with E-state index in [1.165, 1.54) is 23.9 Å². The van der Waals surface area contributed by atoms with Crippen LogP contribution in [0.5, 0.6) is 0 Å². The average molecular weight is 392 g/mol. The molecule has 1 aliphatic rings. The van der Waals surface area contributed by atoms with Crippen molar-refractivity contribution in [3.8, 4) is 0 Å². The molecule has 0 aromatic carbocycles. The van der Waals surface area contributed by atoms with Crippen LogP contribution in [0.15, 0.2) is 21.9 Å². The van der Waals surface area contributed by atoms with Crippen LogP contribution in [0.25, 0.3) is 0 Å². The fourth-order valence-electron chi connectivity index (χ4n) is 2.95. The van der Waals surface area contributed by atoms with Crippen LogP contribution in [0.3, 0.4) is 0 Å². The summed E-state index contributed by atoms with van der Waals surface area (Å²) in [4.78, 5) is 25.9. The van der Waals surface area contributed by atoms with Gasteiger partial charge in [-0.25, -0.2) is 9.36 Å². The van der Waals surface area contributed by atoms with Gasteiger partial charge in [0.15, 0.2) is 0 Å². The lowest BCUT2D eigenvalue weighted by Gasteiger charge is -2.45. The number of phosphoric acid groups is 1. The Morgan fingerprint density at radius 3 is 2.73 bits per heavy atom. The van der Waals surface area contributed by atoms with Crippen molar-refractivity contribution in [1.29, 1.82) is 0 Å². The molecule has 0 amide bonds. The molecular weight excluding hydrogens is 367 g/mol. The molecule has 1 unspecified atom stereocenters. The number of hydrogen-bond donors (Lipinski definition) is 2. The summed E-state index contributed by atoms with van der Waals surface area (Å²) in [5, 5.41) is 9.56. The summed E-state index contributed by atoms with van der Waals surface area (Å²) in [5.41, 5.74) is -2.42. The molecule has 0 aliphatic carbocycles. The highest BCUT2D eigenvalue weighted by Crippen LogP contribution is 2.57. The summed E-state index contributed by atoms with van der Waals surface area (Å²) in [7, 11) is -2.46. The molecule has 11 heteroatoms. The van der Waals surface area contributed by atoms with Gasteiger partial charge in [-0.05, 0) is 27.2 Å². The third-order valence-electron chi connectivity index (χ3n) is 4.23. The maximum atomic E-state index is 12.8. The van der Waals surface area contributed by atoms with Crippen molar-refractivity contribution in [1.82, 2.24) is 9.55 Å². The van der Waals surface area contributed by atoms with Gasteiger partial charge in [0, 0.05) is 26.0 Å². The SMILES string of the molecule is CO[C@@H]1COP(=O)(OC(C)C)O[C@H]1[C@](C)(CCO)n1ccc(=O)[nH]c1=O. The molecule has 0 bridgehead atoms. The van der Waals surface area contributed by atoms with Crippen molar-refractivity contribution in [3.63, 3.8) is 0 Å². The van der Waals surface area contributed by atoms with Gasteiger partial charge in [0.1, 0.15) is 12.2 Å². The monoisotopic (exact) mass is 392 g/mol. The zero-order valence-electron chi connectivity index (χ0n) is 15.2. The zero-order chi connectivity index (χ0) is 19.5. The van der Waals surface area contributed by atoms with E-state index in [-0.39, 0.29) is 19.6 Å². The zero-order valence-corrected chi connectivity index (χ0v) is 16.1. The van der Waals surface area contributed by atoms with Crippen LogP contribution < -0.4 is 11.2 Å². The second-order valence-electron chi connectivity index (χ2n) is 6.51. The molecule has 0 saturated carbocycles. The number of hydrogen-bond acceptors (Lipinski definition) is 8. The van der Waals surface area contributed by atoms with Crippen molar-refractivity contribution >= 4 is 7.82 Å². The lowest BCUT2D eigenvalue weighted by Crippen LogP contribution is -2.57. The molecule has 0 spiro atoms. The number of H-pyrrole nitrogens is 1. The van der Waals surface area contributed by atoms with Crippen LogP contribution in [0.1, 0.15) is 27.2 Å². The number of aromatic amines is 1. The van der Waals surface area contributed by atoms with E-state index < -0.39 is 42.9 Å². The summed E-state index contributed by atoms with van der Waals surface area (Å²) in [6, 6.07) is 1.18. The minimum absolute atomic E-state index is 0.0746. The Morgan fingerprint density at radius 2 is 2.19 bits per heavy atom. The molecule has 10 nitrogen and oxygen atoms in total. The van der Waals surface area contributed by atoms with Crippen molar-refractivity contribution in [2.75, 3.05) is 20.3 Å². The van der Waals surface area contributed by atoms with E-state index >= 15 is 0 Å². The highest BCUT2D eigenvalue weighted by atomic mass is 31.2. The molecule has 0 radical (unpaired) electrons. The predicted molar refractivity (Wildman–Crippen MR) is 92.1 cm³/mol. The van der Waals surface area contributed by atoms with E-state index in [0.29, 0.717) is 0 Å². The molecule has 1 aromatic heterocycles. The first kappa shape index (κ1) is 21.0. The van der Waals surface area contributed by atoms with Crippen LogP contribution in [0, 0.1) is 0 Å². The largest absolute Gasteiger partial charge is 0.475 e. The molecule has 1 fully saturated rings. The Balaban J connectivity index is 2.52. The molecule has 2 heterocycles. The first-order valence-electron chi connectivity index (χ1n) is 8.22. The van der Waals surface area contributed by atoms with Crippen LogP contribution in [0.2, 0.25) is 0 Å². The van der Waals surface area contributed by atoms with Gasteiger partial charge in [-0.2, -0.15) is 0 Å². The molecule has 1 aromatic rings. The summed E-state index contributed by atoms with van der Waals surface area (Å²) in [6.45, 7) is 4.65. The van der Waals surface area contributed by atoms with Gasteiger partial charge in [-0.1, -0.05) is 0 Å². The Kier molecular flexibility index (Phi) is 6.60. The highest BCUT2D eigenvalue weighted by molar-refractivity contribution is 7.48. The second kappa shape index (κ2) is 8.16. The van der Waals surface area contributed by atoms with Crippen LogP contribution in [-0.2, 0) is 28.4 Å². The first-order chi connectivity index (χ1) is 12.1. The van der Waals surface area contributed by atoms with E-state index in [1.54, 1.807) is 20.8 Å². The Hall–Kier alpha value is -1.29. The number of nitrogens with zero attached hydrogens (tertiary/aromatic N) is 1. The van der Waals surface area contributed by atoms with Crippen molar-refractivity contribution < 1.29 is 28.0 Å². The molecule has 148 valence electrons. The molecule has 4 atom stereocenters. The topological polar surface area (TPSA) is 129 Å². The second-order valence-corrected chi connectivity index (χ2v) is 8.08. The molecule has 1 aliphatic heterocycles. The van der Waals surface area contributed by atoms with Crippen LogP contribution in [-0.4, -0.2) is 53.3 Å². The molecule has 2 rings (SSSR count). The molecule has 1 saturated heterocycles. The summed E-state index contributed by atoms with van der Waals surface area (Å²) < 4.78 is 35.6. The minimum atomic E-state index is -3.89. The van der Waals surface area contributed by atoms with Gasteiger partial charge in [-0.15, -0.1) is 0 Å². The van der Waals surface area contributed by atoms with Gasteiger partial charge in [-0.3, -0.25) is 27.9 Å². The Bertz CT molecular complexity index is 775. The molecular formula is C15H25N2O8P. The normalized spacial score (nSPS) is 28.8. The number of aliphatic hydroxyl groups excluding tert-OH is 1. The third-order valence-corrected chi connectivity index (χ3v) is 5.86. The number of rotatable bonds is 7. The summed E-state index contributed by atoms with van der Waals surface area (Å²) in [5.74, 6) is 0. The van der Waals surface area contributed by atoms with E-state index in [0.717, 1.165) is 0 Å². The molecule has 26 heavy (non-hydrogen) atoms. The maximum Gasteiger partial charge on any atom is 0.475 e. The fraction of sp³-hybridized carbons (Fsp3) is 0.733. The maximum absolute atomic E-state index is 12.8. The van der Waals surface area contributed by atoms with Gasteiger partial charge < -0.3 is 9.84 Å². The number of aromatic nitrogens is 2. The highest BCUT2D eigenvalue weighted by Gasteiger charge is 2.51. The minimum Gasteiger partial charge on any atom is -0.396 e. The van der Waals surface area contributed by atoms with Gasteiger partial charge in [0.05, 0.1) is 18.2 Å². The number of nitrogens with one attached hydrogen (secondary N) is 1. The smallest absolute Gasteiger partial charge is 0.396 e. The van der Waals surface area contributed by atoms with E-state index in [4.69, 9.17) is 18.3 Å². The quantitative estimate of drug-likeness (QED) is 0.646. The Labute approximate surface area is 150 Å². The summed E-state index contributed by atoms with van der Waals surface area (Å²) in [6.07, 6.45) is -0.660. The summed E-state index contributed by atoms with van der Waals surface area (Å²) >= 11 is 0. The van der Waals surface area contributed by atoms with E-state index in [9.17, 15) is 19.3 Å². The number of methoxy groups -OCH3 is 1. The van der Waals surface area contributed by atoms with Crippen molar-refractivity contribution in [3.05, 3.63) is 33.1 Å². The van der Waals surface area contributed by atoms with Crippen LogP contribution >= 0.6 is 7.82 Å². The Morgan fingerprint density at radius 1 is 1.50 bits per heavy atom. The van der Waals surface area contributed by atoms with Crippen molar-refractivity contribution in [2.24, 2.45) is 0 Å². The lowest BCUT2D eigenvalue weighted by atomic mass is 9.87. The number of aliphatic hydroxyl groups is 1. The van der Waals surface area contributed by atoms with E-state index in [2.05, 4.69) is 4.98 Å². The predicted octanol–water partition coefficient (Wildman–Crippen LogP) is 0.598. The average Bonchev–Trinajstić information content (AvgIpc) is 2.53. The van der Waals surface area contributed by atoms with Crippen molar-refractivity contribution in [2.45, 2.75) is 51.0 Å². The molecule has 2 N–H and O–H groups in total. The van der Waals surface area contributed by atoms with Gasteiger partial charge in [0.25, 0.3) is 5.56 Å². The van der Waals surface area contributed by atoms with E-state index in [1.807, 2.05) is 0 Å². The standard InChI is InChI=1S/C15H25N2O8P/c1-10(2)24-26(21)23-9-11(22-4)13(25-26)15(3,6-8-18)17-7-5-12(19)16-14(17)20/h5,7,10-11,13,18H,6,8-9H2,1-4H3,(H,16,19,20)/t11-,13-,15+,26?/m1/s1. The lowest BCUT2D eigenvalue weighted by molar-refractivity contribution is -0.126. The van der Waals surface area contributed by atoms with Gasteiger partial charge in [0.2, 0.25) is 0 Å². The first-order valence-corrected chi connectivity index (χ1v) is 9.69. The number of ether oxygens (including phenoxy) is 1.